The Labute approximate surface area is 105 Å². The van der Waals surface area contributed by atoms with E-state index in [0.29, 0.717) is 25.9 Å². The lowest BCUT2D eigenvalue weighted by Crippen LogP contribution is -2.51. The molecule has 0 aromatic rings. The zero-order valence-corrected chi connectivity index (χ0v) is 10.3. The SMILES string of the molecule is NCCC(N1CCC(OCCO)CC1)C(F)(F)F. The summed E-state index contributed by atoms with van der Waals surface area (Å²) in [6.07, 6.45) is -3.20. The van der Waals surface area contributed by atoms with Gasteiger partial charge in [0.05, 0.1) is 19.3 Å². The Morgan fingerprint density at radius 3 is 2.39 bits per heavy atom. The molecule has 1 aliphatic heterocycles. The van der Waals surface area contributed by atoms with Crippen molar-refractivity contribution in [2.24, 2.45) is 5.73 Å². The summed E-state index contributed by atoms with van der Waals surface area (Å²) in [4.78, 5) is 1.44. The number of hydrogen-bond acceptors (Lipinski definition) is 4. The standard InChI is InChI=1S/C11H21F3N2O2/c12-11(13,14)10(1-4-15)16-5-2-9(3-6-16)18-8-7-17/h9-10,17H,1-8,15H2. The molecule has 108 valence electrons. The van der Waals surface area contributed by atoms with Crippen molar-refractivity contribution in [1.29, 1.82) is 0 Å². The summed E-state index contributed by atoms with van der Waals surface area (Å²) >= 11 is 0. The first-order valence-corrected chi connectivity index (χ1v) is 6.22. The molecule has 1 atom stereocenters. The van der Waals surface area contributed by atoms with Crippen molar-refractivity contribution >= 4 is 0 Å². The summed E-state index contributed by atoms with van der Waals surface area (Å²) < 4.78 is 43.8. The highest BCUT2D eigenvalue weighted by atomic mass is 19.4. The van der Waals surface area contributed by atoms with E-state index in [1.165, 1.54) is 4.90 Å². The quantitative estimate of drug-likeness (QED) is 0.747. The number of aliphatic hydroxyl groups is 1. The van der Waals surface area contributed by atoms with Gasteiger partial charge in [0.15, 0.2) is 0 Å². The smallest absolute Gasteiger partial charge is 0.394 e. The maximum absolute atomic E-state index is 12.8. The predicted octanol–water partition coefficient (Wildman–Crippen LogP) is 0.739. The highest BCUT2D eigenvalue weighted by molar-refractivity contribution is 4.83. The minimum atomic E-state index is -4.22. The summed E-state index contributed by atoms with van der Waals surface area (Å²) in [5, 5.41) is 8.62. The Kier molecular flexibility index (Phi) is 6.34. The molecule has 3 N–H and O–H groups in total. The Hall–Kier alpha value is -0.370. The predicted molar refractivity (Wildman–Crippen MR) is 61.1 cm³/mol. The second-order valence-electron chi connectivity index (χ2n) is 4.46. The van der Waals surface area contributed by atoms with Crippen LogP contribution in [0.4, 0.5) is 13.2 Å². The van der Waals surface area contributed by atoms with Gasteiger partial charge in [0.1, 0.15) is 6.04 Å². The van der Waals surface area contributed by atoms with Crippen LogP contribution >= 0.6 is 0 Å². The van der Waals surface area contributed by atoms with Crippen LogP contribution in [-0.2, 0) is 4.74 Å². The number of ether oxygens (including phenoxy) is 1. The first kappa shape index (κ1) is 15.7. The van der Waals surface area contributed by atoms with E-state index in [9.17, 15) is 13.2 Å². The lowest BCUT2D eigenvalue weighted by Gasteiger charge is -2.38. The normalized spacial score (nSPS) is 21.2. The summed E-state index contributed by atoms with van der Waals surface area (Å²) in [5.41, 5.74) is 5.25. The third kappa shape index (κ3) is 4.72. The maximum Gasteiger partial charge on any atom is 0.404 e. The van der Waals surface area contributed by atoms with E-state index < -0.39 is 12.2 Å². The lowest BCUT2D eigenvalue weighted by atomic mass is 10.0. The van der Waals surface area contributed by atoms with E-state index in [2.05, 4.69) is 0 Å². The van der Waals surface area contributed by atoms with Crippen LogP contribution in [0.3, 0.4) is 0 Å². The van der Waals surface area contributed by atoms with Crippen molar-refractivity contribution in [3.8, 4) is 0 Å². The highest BCUT2D eigenvalue weighted by Crippen LogP contribution is 2.29. The van der Waals surface area contributed by atoms with Crippen molar-refractivity contribution in [2.45, 2.75) is 37.6 Å². The molecule has 0 saturated carbocycles. The molecule has 4 nitrogen and oxygen atoms in total. The molecule has 0 aliphatic carbocycles. The number of piperidine rings is 1. The number of hydrogen-bond donors (Lipinski definition) is 2. The van der Waals surface area contributed by atoms with Gasteiger partial charge >= 0.3 is 6.18 Å². The van der Waals surface area contributed by atoms with E-state index in [1.54, 1.807) is 0 Å². The molecule has 0 amide bonds. The van der Waals surface area contributed by atoms with Gasteiger partial charge in [-0.15, -0.1) is 0 Å². The summed E-state index contributed by atoms with van der Waals surface area (Å²) in [5.74, 6) is 0. The van der Waals surface area contributed by atoms with Crippen molar-refractivity contribution in [3.05, 3.63) is 0 Å². The Balaban J connectivity index is 2.44. The van der Waals surface area contributed by atoms with Crippen molar-refractivity contribution in [1.82, 2.24) is 4.90 Å². The fourth-order valence-electron chi connectivity index (χ4n) is 2.28. The third-order valence-corrected chi connectivity index (χ3v) is 3.18. The first-order chi connectivity index (χ1) is 8.49. The van der Waals surface area contributed by atoms with Crippen LogP contribution in [0.1, 0.15) is 19.3 Å². The molecule has 1 unspecified atom stereocenters. The van der Waals surface area contributed by atoms with E-state index >= 15 is 0 Å². The highest BCUT2D eigenvalue weighted by Gasteiger charge is 2.43. The topological polar surface area (TPSA) is 58.7 Å². The molecular weight excluding hydrogens is 249 g/mol. The van der Waals surface area contributed by atoms with Crippen molar-refractivity contribution < 1.29 is 23.0 Å². The van der Waals surface area contributed by atoms with Crippen LogP contribution in [-0.4, -0.2) is 61.2 Å². The number of halogens is 3. The average molecular weight is 270 g/mol. The Morgan fingerprint density at radius 2 is 1.94 bits per heavy atom. The van der Waals surface area contributed by atoms with Crippen LogP contribution in [0.2, 0.25) is 0 Å². The van der Waals surface area contributed by atoms with Crippen LogP contribution in [0, 0.1) is 0 Å². The minimum Gasteiger partial charge on any atom is -0.394 e. The monoisotopic (exact) mass is 270 g/mol. The third-order valence-electron chi connectivity index (χ3n) is 3.18. The van der Waals surface area contributed by atoms with E-state index in [0.717, 1.165) is 0 Å². The first-order valence-electron chi connectivity index (χ1n) is 6.22. The lowest BCUT2D eigenvalue weighted by molar-refractivity contribution is -0.190. The summed E-state index contributed by atoms with van der Waals surface area (Å²) in [6.45, 7) is 0.945. The van der Waals surface area contributed by atoms with Gasteiger partial charge < -0.3 is 15.6 Å². The van der Waals surface area contributed by atoms with Crippen molar-refractivity contribution in [2.75, 3.05) is 32.8 Å². The fraction of sp³-hybridized carbons (Fsp3) is 1.00. The molecule has 7 heteroatoms. The number of aliphatic hydroxyl groups excluding tert-OH is 1. The Morgan fingerprint density at radius 1 is 1.33 bits per heavy atom. The zero-order chi connectivity index (χ0) is 13.6. The molecule has 0 aromatic carbocycles. The number of alkyl halides is 3. The number of nitrogens with zero attached hydrogens (tertiary/aromatic N) is 1. The fourth-order valence-corrected chi connectivity index (χ4v) is 2.28. The van der Waals surface area contributed by atoms with Gasteiger partial charge in [-0.2, -0.15) is 13.2 Å². The molecular formula is C11H21F3N2O2. The molecule has 0 spiro atoms. The summed E-state index contributed by atoms with van der Waals surface area (Å²) in [7, 11) is 0. The van der Waals surface area contributed by atoms with Crippen LogP contribution in [0.5, 0.6) is 0 Å². The molecule has 0 aromatic heterocycles. The van der Waals surface area contributed by atoms with Crippen LogP contribution in [0.15, 0.2) is 0 Å². The van der Waals surface area contributed by atoms with Gasteiger partial charge in [-0.25, -0.2) is 0 Å². The number of nitrogens with two attached hydrogens (primary N) is 1. The second kappa shape index (κ2) is 7.28. The minimum absolute atomic E-state index is 0.0329. The maximum atomic E-state index is 12.8. The van der Waals surface area contributed by atoms with E-state index in [4.69, 9.17) is 15.6 Å². The summed E-state index contributed by atoms with van der Waals surface area (Å²) in [6, 6.07) is -1.44. The van der Waals surface area contributed by atoms with Gasteiger partial charge in [0.25, 0.3) is 0 Å². The molecule has 1 rings (SSSR count). The Bertz CT molecular complexity index is 231. The van der Waals surface area contributed by atoms with Crippen LogP contribution < -0.4 is 5.73 Å². The second-order valence-corrected chi connectivity index (χ2v) is 4.46. The molecule has 1 aliphatic rings. The zero-order valence-electron chi connectivity index (χ0n) is 10.3. The molecule has 18 heavy (non-hydrogen) atoms. The van der Waals surface area contributed by atoms with Gasteiger partial charge in [-0.05, 0) is 25.8 Å². The van der Waals surface area contributed by atoms with Crippen LogP contribution in [0.25, 0.3) is 0 Å². The molecule has 1 heterocycles. The molecule has 0 radical (unpaired) electrons. The molecule has 1 fully saturated rings. The molecule has 0 bridgehead atoms. The molecule has 1 saturated heterocycles. The largest absolute Gasteiger partial charge is 0.404 e. The average Bonchev–Trinajstić information content (AvgIpc) is 2.33. The van der Waals surface area contributed by atoms with Gasteiger partial charge in [0.2, 0.25) is 0 Å². The van der Waals surface area contributed by atoms with Gasteiger partial charge in [-0.3, -0.25) is 4.90 Å². The number of rotatable bonds is 6. The van der Waals surface area contributed by atoms with E-state index in [-0.39, 0.29) is 32.3 Å². The number of likely N-dealkylation sites (tertiary alicyclic amines) is 1. The van der Waals surface area contributed by atoms with E-state index in [1.807, 2.05) is 0 Å². The van der Waals surface area contributed by atoms with Gasteiger partial charge in [0, 0.05) is 13.1 Å². The van der Waals surface area contributed by atoms with Crippen molar-refractivity contribution in [3.63, 3.8) is 0 Å². The van der Waals surface area contributed by atoms with Gasteiger partial charge in [-0.1, -0.05) is 0 Å².